The molecule has 3 aromatic carbocycles. The van der Waals surface area contributed by atoms with Crippen LogP contribution in [0.2, 0.25) is 0 Å². The second kappa shape index (κ2) is 6.68. The Balaban J connectivity index is 1.53. The van der Waals surface area contributed by atoms with Crippen molar-refractivity contribution < 1.29 is 14.4 Å². The summed E-state index contributed by atoms with van der Waals surface area (Å²) in [5.74, 6) is -0.946. The Morgan fingerprint density at radius 2 is 1.56 bits per heavy atom. The lowest BCUT2D eigenvalue weighted by Crippen LogP contribution is -2.41. The average molecular weight is 358 g/mol. The number of nitrogens with one attached hydrogen (secondary N) is 1. The summed E-state index contributed by atoms with van der Waals surface area (Å²) >= 11 is 0. The number of hydrogen-bond donors (Lipinski definition) is 1. The Kier molecular flexibility index (Phi) is 4.20. The summed E-state index contributed by atoms with van der Waals surface area (Å²) in [6.45, 7) is 1.98. The second-order valence-electron chi connectivity index (χ2n) is 6.64. The lowest BCUT2D eigenvalue weighted by atomic mass is 9.94. The van der Waals surface area contributed by atoms with Crippen LogP contribution in [0.15, 0.2) is 60.7 Å². The van der Waals surface area contributed by atoms with Crippen LogP contribution < -0.4 is 5.32 Å². The Morgan fingerprint density at radius 1 is 0.926 bits per heavy atom. The first-order chi connectivity index (χ1) is 13.0. The van der Waals surface area contributed by atoms with Crippen LogP contribution in [0.5, 0.6) is 0 Å². The van der Waals surface area contributed by atoms with E-state index in [1.807, 2.05) is 37.3 Å². The number of rotatable bonds is 4. The SMILES string of the molecule is Cc1cccc(NC(=O)CCN2C(=O)c3cccc4cccc(c34)C2=O)c1. The molecule has 4 rings (SSSR count). The second-order valence-corrected chi connectivity index (χ2v) is 6.64. The van der Waals surface area contributed by atoms with E-state index in [2.05, 4.69) is 5.32 Å². The molecule has 0 saturated carbocycles. The van der Waals surface area contributed by atoms with Gasteiger partial charge >= 0.3 is 0 Å². The van der Waals surface area contributed by atoms with E-state index in [1.54, 1.807) is 30.3 Å². The number of carbonyl (C=O) groups excluding carboxylic acids is 3. The summed E-state index contributed by atoms with van der Waals surface area (Å²) < 4.78 is 0. The summed E-state index contributed by atoms with van der Waals surface area (Å²) in [7, 11) is 0. The fourth-order valence-corrected chi connectivity index (χ4v) is 3.44. The van der Waals surface area contributed by atoms with E-state index in [-0.39, 0.29) is 30.7 Å². The molecule has 1 aliphatic heterocycles. The molecule has 0 unspecified atom stereocenters. The van der Waals surface area contributed by atoms with E-state index in [9.17, 15) is 14.4 Å². The summed E-state index contributed by atoms with van der Waals surface area (Å²) in [4.78, 5) is 39.0. The Morgan fingerprint density at radius 3 is 2.19 bits per heavy atom. The van der Waals surface area contributed by atoms with Crippen molar-refractivity contribution in [2.75, 3.05) is 11.9 Å². The predicted molar refractivity (Wildman–Crippen MR) is 104 cm³/mol. The van der Waals surface area contributed by atoms with Crippen molar-refractivity contribution in [3.8, 4) is 0 Å². The van der Waals surface area contributed by atoms with Gasteiger partial charge in [-0.3, -0.25) is 19.3 Å². The first-order valence-corrected chi connectivity index (χ1v) is 8.79. The van der Waals surface area contributed by atoms with Gasteiger partial charge in [-0.05, 0) is 42.1 Å². The molecule has 1 heterocycles. The van der Waals surface area contributed by atoms with Gasteiger partial charge in [-0.1, -0.05) is 36.4 Å². The minimum atomic E-state index is -0.354. The maximum atomic E-state index is 12.8. The Labute approximate surface area is 156 Å². The van der Waals surface area contributed by atoms with Crippen LogP contribution in [0.1, 0.15) is 32.7 Å². The fraction of sp³-hybridized carbons (Fsp3) is 0.136. The number of nitrogens with zero attached hydrogens (tertiary/aromatic N) is 1. The summed E-state index contributed by atoms with van der Waals surface area (Å²) in [5.41, 5.74) is 2.74. The molecule has 0 aromatic heterocycles. The van der Waals surface area contributed by atoms with Crippen LogP contribution in [-0.2, 0) is 4.79 Å². The highest BCUT2D eigenvalue weighted by Gasteiger charge is 2.32. The van der Waals surface area contributed by atoms with Crippen LogP contribution in [-0.4, -0.2) is 29.2 Å². The normalized spacial score (nSPS) is 13.1. The highest BCUT2D eigenvalue weighted by Crippen LogP contribution is 2.29. The van der Waals surface area contributed by atoms with Gasteiger partial charge in [0.2, 0.25) is 5.91 Å². The third-order valence-electron chi connectivity index (χ3n) is 4.72. The number of benzene rings is 3. The van der Waals surface area contributed by atoms with Crippen LogP contribution >= 0.6 is 0 Å². The van der Waals surface area contributed by atoms with Crippen molar-refractivity contribution in [2.24, 2.45) is 0 Å². The summed E-state index contributed by atoms with van der Waals surface area (Å²) in [6, 6.07) is 18.3. The molecular weight excluding hydrogens is 340 g/mol. The topological polar surface area (TPSA) is 66.5 Å². The first-order valence-electron chi connectivity index (χ1n) is 8.79. The van der Waals surface area contributed by atoms with E-state index in [0.717, 1.165) is 15.8 Å². The zero-order valence-electron chi connectivity index (χ0n) is 14.9. The van der Waals surface area contributed by atoms with E-state index in [4.69, 9.17) is 0 Å². The lowest BCUT2D eigenvalue weighted by molar-refractivity contribution is -0.116. The van der Waals surface area contributed by atoms with E-state index in [0.29, 0.717) is 22.2 Å². The number of anilines is 1. The van der Waals surface area contributed by atoms with Gasteiger partial charge in [-0.25, -0.2) is 0 Å². The van der Waals surface area contributed by atoms with E-state index >= 15 is 0 Å². The monoisotopic (exact) mass is 358 g/mol. The Bertz CT molecular complexity index is 1040. The molecular formula is C22H18N2O3. The van der Waals surface area contributed by atoms with Gasteiger partial charge in [0.05, 0.1) is 0 Å². The molecule has 1 N–H and O–H groups in total. The van der Waals surface area contributed by atoms with Crippen molar-refractivity contribution in [3.05, 3.63) is 77.4 Å². The smallest absolute Gasteiger partial charge is 0.261 e. The number of hydrogen-bond acceptors (Lipinski definition) is 3. The largest absolute Gasteiger partial charge is 0.326 e. The molecule has 5 nitrogen and oxygen atoms in total. The Hall–Kier alpha value is -3.47. The number of amides is 3. The van der Waals surface area contributed by atoms with Crippen molar-refractivity contribution in [1.82, 2.24) is 4.90 Å². The van der Waals surface area contributed by atoms with Crippen molar-refractivity contribution in [2.45, 2.75) is 13.3 Å². The number of carbonyl (C=O) groups is 3. The molecule has 134 valence electrons. The molecule has 0 saturated heterocycles. The maximum absolute atomic E-state index is 12.8. The minimum absolute atomic E-state index is 0.0417. The number of imide groups is 1. The highest BCUT2D eigenvalue weighted by molar-refractivity contribution is 6.25. The van der Waals surface area contributed by atoms with Crippen molar-refractivity contribution in [3.63, 3.8) is 0 Å². The van der Waals surface area contributed by atoms with Gasteiger partial charge in [-0.15, -0.1) is 0 Å². The standard InChI is InChI=1S/C22H18N2O3/c1-14-5-2-8-16(13-14)23-19(25)11-12-24-21(26)17-9-3-6-15-7-4-10-18(20(15)17)22(24)27/h2-10,13H,11-12H2,1H3,(H,23,25). The maximum Gasteiger partial charge on any atom is 0.261 e. The minimum Gasteiger partial charge on any atom is -0.326 e. The highest BCUT2D eigenvalue weighted by atomic mass is 16.2. The summed E-state index contributed by atoms with van der Waals surface area (Å²) in [5, 5.41) is 4.36. The third-order valence-corrected chi connectivity index (χ3v) is 4.72. The van der Waals surface area contributed by atoms with Gasteiger partial charge in [-0.2, -0.15) is 0 Å². The molecule has 0 fully saturated rings. The molecule has 0 bridgehead atoms. The molecule has 0 atom stereocenters. The van der Waals surface area contributed by atoms with Gasteiger partial charge in [0.15, 0.2) is 0 Å². The molecule has 3 aromatic rings. The van der Waals surface area contributed by atoms with Gasteiger partial charge < -0.3 is 5.32 Å². The van der Waals surface area contributed by atoms with Crippen molar-refractivity contribution >= 4 is 34.2 Å². The molecule has 0 aliphatic carbocycles. The summed E-state index contributed by atoms with van der Waals surface area (Å²) in [6.07, 6.45) is 0.0452. The zero-order valence-corrected chi connectivity index (χ0v) is 14.9. The molecule has 3 amide bonds. The van der Waals surface area contributed by atoms with Crippen LogP contribution in [0.3, 0.4) is 0 Å². The first kappa shape index (κ1) is 17.0. The molecule has 27 heavy (non-hydrogen) atoms. The van der Waals surface area contributed by atoms with Gasteiger partial charge in [0.1, 0.15) is 0 Å². The van der Waals surface area contributed by atoms with E-state index < -0.39 is 0 Å². The molecule has 1 aliphatic rings. The molecule has 5 heteroatoms. The lowest BCUT2D eigenvalue weighted by Gasteiger charge is -2.27. The quantitative estimate of drug-likeness (QED) is 0.722. The average Bonchev–Trinajstić information content (AvgIpc) is 2.66. The van der Waals surface area contributed by atoms with Crippen LogP contribution in [0, 0.1) is 6.92 Å². The third kappa shape index (κ3) is 3.08. The van der Waals surface area contributed by atoms with Crippen LogP contribution in [0.25, 0.3) is 10.8 Å². The zero-order chi connectivity index (χ0) is 19.0. The van der Waals surface area contributed by atoms with Gasteiger partial charge in [0, 0.05) is 35.2 Å². The van der Waals surface area contributed by atoms with Crippen LogP contribution in [0.4, 0.5) is 5.69 Å². The predicted octanol–water partition coefficient (Wildman–Crippen LogP) is 3.77. The molecule has 0 spiro atoms. The fourth-order valence-electron chi connectivity index (χ4n) is 3.44. The van der Waals surface area contributed by atoms with E-state index in [1.165, 1.54) is 0 Å². The molecule has 0 radical (unpaired) electrons. The number of aryl methyl sites for hydroxylation is 1. The van der Waals surface area contributed by atoms with Gasteiger partial charge in [0.25, 0.3) is 11.8 Å². The van der Waals surface area contributed by atoms with Crippen molar-refractivity contribution in [1.29, 1.82) is 0 Å².